The Morgan fingerprint density at radius 3 is 3.16 bits per heavy atom. The van der Waals surface area contributed by atoms with Crippen LogP contribution < -0.4 is 4.74 Å². The highest BCUT2D eigenvalue weighted by molar-refractivity contribution is 5.42. The molecule has 19 heavy (non-hydrogen) atoms. The molecule has 0 saturated heterocycles. The second-order valence-electron chi connectivity index (χ2n) is 4.68. The molecule has 0 aliphatic carbocycles. The predicted molar refractivity (Wildman–Crippen MR) is 66.6 cm³/mol. The van der Waals surface area contributed by atoms with Crippen LogP contribution >= 0.6 is 0 Å². The standard InChI is InChI=1S/C14H13N3O2/c1-9(7-15)6-13-16-14(17-19-13)11-8-18-12-5-3-2-4-10(11)12/h2-5,9,11H,6,8H2,1H3. The number of fused-ring (bicyclic) bond motifs is 1. The SMILES string of the molecule is CC(C#N)Cc1nc(C2COc3ccccc32)no1. The number of nitrogens with zero attached hydrogens (tertiary/aromatic N) is 3. The molecular formula is C14H13N3O2. The first-order chi connectivity index (χ1) is 9.28. The van der Waals surface area contributed by atoms with E-state index in [0.29, 0.717) is 24.7 Å². The molecule has 0 bridgehead atoms. The van der Waals surface area contributed by atoms with Crippen molar-refractivity contribution in [1.29, 1.82) is 5.26 Å². The molecule has 2 unspecified atom stereocenters. The van der Waals surface area contributed by atoms with Crippen molar-refractivity contribution in [2.45, 2.75) is 19.3 Å². The van der Waals surface area contributed by atoms with Crippen molar-refractivity contribution >= 4 is 0 Å². The molecule has 0 saturated carbocycles. The second kappa shape index (κ2) is 4.73. The topological polar surface area (TPSA) is 71.9 Å². The van der Waals surface area contributed by atoms with E-state index in [1.54, 1.807) is 0 Å². The third-order valence-electron chi connectivity index (χ3n) is 3.20. The van der Waals surface area contributed by atoms with Gasteiger partial charge in [0.25, 0.3) is 0 Å². The summed E-state index contributed by atoms with van der Waals surface area (Å²) in [4.78, 5) is 4.37. The highest BCUT2D eigenvalue weighted by Gasteiger charge is 2.29. The Balaban J connectivity index is 1.83. The smallest absolute Gasteiger partial charge is 0.227 e. The number of rotatable bonds is 3. The van der Waals surface area contributed by atoms with Gasteiger partial charge in [0, 0.05) is 12.0 Å². The zero-order chi connectivity index (χ0) is 13.2. The van der Waals surface area contributed by atoms with Crippen molar-refractivity contribution in [3.05, 3.63) is 41.5 Å². The van der Waals surface area contributed by atoms with Gasteiger partial charge in [-0.05, 0) is 13.0 Å². The summed E-state index contributed by atoms with van der Waals surface area (Å²) in [6, 6.07) is 10.0. The van der Waals surface area contributed by atoms with E-state index < -0.39 is 0 Å². The van der Waals surface area contributed by atoms with Crippen LogP contribution in [0.2, 0.25) is 0 Å². The first kappa shape index (κ1) is 11.7. The van der Waals surface area contributed by atoms with Crippen molar-refractivity contribution in [2.75, 3.05) is 6.61 Å². The quantitative estimate of drug-likeness (QED) is 0.841. The summed E-state index contributed by atoms with van der Waals surface area (Å²) >= 11 is 0. The van der Waals surface area contributed by atoms with E-state index >= 15 is 0 Å². The zero-order valence-corrected chi connectivity index (χ0v) is 10.5. The lowest BCUT2D eigenvalue weighted by Crippen LogP contribution is -2.05. The van der Waals surface area contributed by atoms with Crippen LogP contribution in [0.5, 0.6) is 5.75 Å². The molecule has 1 aliphatic rings. The first-order valence-electron chi connectivity index (χ1n) is 6.21. The van der Waals surface area contributed by atoms with E-state index in [1.807, 2.05) is 31.2 Å². The molecule has 5 heteroatoms. The van der Waals surface area contributed by atoms with Crippen molar-refractivity contribution in [1.82, 2.24) is 10.1 Å². The maximum atomic E-state index is 8.78. The lowest BCUT2D eigenvalue weighted by atomic mass is 10.0. The lowest BCUT2D eigenvalue weighted by Gasteiger charge is -2.01. The molecular weight excluding hydrogens is 242 g/mol. The largest absolute Gasteiger partial charge is 0.492 e. The normalized spacial score (nSPS) is 18.4. The Hall–Kier alpha value is -2.35. The molecule has 0 fully saturated rings. The first-order valence-corrected chi connectivity index (χ1v) is 6.21. The molecule has 0 spiro atoms. The summed E-state index contributed by atoms with van der Waals surface area (Å²) < 4.78 is 10.8. The van der Waals surface area contributed by atoms with Gasteiger partial charge in [-0.2, -0.15) is 10.2 Å². The molecule has 5 nitrogen and oxygen atoms in total. The van der Waals surface area contributed by atoms with E-state index in [9.17, 15) is 0 Å². The van der Waals surface area contributed by atoms with Gasteiger partial charge in [0.05, 0.1) is 17.9 Å². The molecule has 96 valence electrons. The average Bonchev–Trinajstić information content (AvgIpc) is 3.04. The molecule has 1 aliphatic heterocycles. The Kier molecular flexibility index (Phi) is 2.92. The second-order valence-corrected chi connectivity index (χ2v) is 4.68. The van der Waals surface area contributed by atoms with Gasteiger partial charge in [0.2, 0.25) is 5.89 Å². The van der Waals surface area contributed by atoms with Crippen LogP contribution in [0.1, 0.15) is 30.1 Å². The van der Waals surface area contributed by atoms with Crippen molar-refractivity contribution in [3.63, 3.8) is 0 Å². The number of hydrogen-bond donors (Lipinski definition) is 0. The van der Waals surface area contributed by atoms with Gasteiger partial charge in [-0.15, -0.1) is 0 Å². The number of aromatic nitrogens is 2. The fourth-order valence-corrected chi connectivity index (χ4v) is 2.18. The maximum Gasteiger partial charge on any atom is 0.227 e. The van der Waals surface area contributed by atoms with Gasteiger partial charge in [0.15, 0.2) is 5.82 Å². The maximum absolute atomic E-state index is 8.78. The lowest BCUT2D eigenvalue weighted by molar-refractivity contribution is 0.330. The molecule has 0 N–H and O–H groups in total. The summed E-state index contributed by atoms with van der Waals surface area (Å²) in [5.74, 6) is 1.91. The fourth-order valence-electron chi connectivity index (χ4n) is 2.18. The van der Waals surface area contributed by atoms with E-state index in [2.05, 4.69) is 16.2 Å². The summed E-state index contributed by atoms with van der Waals surface area (Å²) in [6.45, 7) is 2.37. The molecule has 2 atom stereocenters. The minimum atomic E-state index is -0.125. The molecule has 0 amide bonds. The summed E-state index contributed by atoms with van der Waals surface area (Å²) in [5, 5.41) is 12.8. The minimum absolute atomic E-state index is 0.0195. The number of ether oxygens (including phenoxy) is 1. The van der Waals surface area contributed by atoms with Crippen LogP contribution in [0, 0.1) is 17.2 Å². The Morgan fingerprint density at radius 2 is 2.32 bits per heavy atom. The molecule has 1 aromatic heterocycles. The molecule has 3 rings (SSSR count). The fraction of sp³-hybridized carbons (Fsp3) is 0.357. The Morgan fingerprint density at radius 1 is 1.47 bits per heavy atom. The monoisotopic (exact) mass is 255 g/mol. The minimum Gasteiger partial charge on any atom is -0.492 e. The van der Waals surface area contributed by atoms with Gasteiger partial charge in [-0.3, -0.25) is 0 Å². The van der Waals surface area contributed by atoms with Gasteiger partial charge in [0.1, 0.15) is 12.4 Å². The van der Waals surface area contributed by atoms with Crippen molar-refractivity contribution < 1.29 is 9.26 Å². The van der Waals surface area contributed by atoms with E-state index in [1.165, 1.54) is 0 Å². The summed E-state index contributed by atoms with van der Waals surface area (Å²) in [7, 11) is 0. The predicted octanol–water partition coefficient (Wildman–Crippen LogP) is 2.30. The molecule has 2 heterocycles. The van der Waals surface area contributed by atoms with Crippen molar-refractivity contribution in [3.8, 4) is 11.8 Å². The number of hydrogen-bond acceptors (Lipinski definition) is 5. The van der Waals surface area contributed by atoms with Crippen molar-refractivity contribution in [2.24, 2.45) is 5.92 Å². The van der Waals surface area contributed by atoms with Crippen LogP contribution in [0.25, 0.3) is 0 Å². The van der Waals surface area contributed by atoms with Crippen LogP contribution in [0.15, 0.2) is 28.8 Å². The molecule has 0 radical (unpaired) electrons. The molecule has 2 aromatic rings. The van der Waals surface area contributed by atoms with Crippen LogP contribution in [-0.2, 0) is 6.42 Å². The van der Waals surface area contributed by atoms with Gasteiger partial charge in [-0.1, -0.05) is 23.4 Å². The number of benzene rings is 1. The number of nitriles is 1. The number of para-hydroxylation sites is 1. The van der Waals surface area contributed by atoms with E-state index in [0.717, 1.165) is 11.3 Å². The van der Waals surface area contributed by atoms with E-state index in [-0.39, 0.29) is 11.8 Å². The Labute approximate surface area is 110 Å². The highest BCUT2D eigenvalue weighted by atomic mass is 16.5. The third kappa shape index (κ3) is 2.17. The van der Waals surface area contributed by atoms with Crippen LogP contribution in [-0.4, -0.2) is 16.7 Å². The van der Waals surface area contributed by atoms with Crippen LogP contribution in [0.3, 0.4) is 0 Å². The highest BCUT2D eigenvalue weighted by Crippen LogP contribution is 2.36. The zero-order valence-electron chi connectivity index (χ0n) is 10.5. The Bertz CT molecular complexity index is 630. The van der Waals surface area contributed by atoms with Gasteiger partial charge < -0.3 is 9.26 Å². The average molecular weight is 255 g/mol. The third-order valence-corrected chi connectivity index (χ3v) is 3.20. The van der Waals surface area contributed by atoms with Gasteiger partial charge in [-0.25, -0.2) is 0 Å². The van der Waals surface area contributed by atoms with Gasteiger partial charge >= 0.3 is 0 Å². The summed E-state index contributed by atoms with van der Waals surface area (Å²) in [5.41, 5.74) is 1.09. The summed E-state index contributed by atoms with van der Waals surface area (Å²) in [6.07, 6.45) is 0.485. The van der Waals surface area contributed by atoms with E-state index in [4.69, 9.17) is 14.5 Å². The van der Waals surface area contributed by atoms with Crippen LogP contribution in [0.4, 0.5) is 0 Å². The molecule has 1 aromatic carbocycles.